The van der Waals surface area contributed by atoms with Crippen molar-refractivity contribution in [3.63, 3.8) is 0 Å². The summed E-state index contributed by atoms with van der Waals surface area (Å²) in [6.45, 7) is 2.67. The molecular formula is C16H15Br2FO2. The first-order valence-corrected chi connectivity index (χ1v) is 8.16. The normalized spacial score (nSPS) is 12.2. The molecule has 0 aliphatic carbocycles. The molecule has 0 saturated heterocycles. The summed E-state index contributed by atoms with van der Waals surface area (Å²) in [5, 5.41) is 10.4. The van der Waals surface area contributed by atoms with E-state index in [1.54, 1.807) is 24.3 Å². The molecule has 21 heavy (non-hydrogen) atoms. The summed E-state index contributed by atoms with van der Waals surface area (Å²) in [7, 11) is 0. The third-order valence-electron chi connectivity index (χ3n) is 2.99. The van der Waals surface area contributed by atoms with Gasteiger partial charge in [-0.1, -0.05) is 28.9 Å². The lowest BCUT2D eigenvalue weighted by Gasteiger charge is -2.15. The first-order chi connectivity index (χ1) is 10.0. The number of halogens is 3. The van der Waals surface area contributed by atoms with Crippen LogP contribution in [0, 0.1) is 5.82 Å². The van der Waals surface area contributed by atoms with Crippen molar-refractivity contribution in [2.45, 2.75) is 19.4 Å². The molecule has 0 aliphatic rings. The van der Waals surface area contributed by atoms with Gasteiger partial charge in [0.05, 0.1) is 11.1 Å². The van der Waals surface area contributed by atoms with Gasteiger partial charge in [0.1, 0.15) is 17.7 Å². The zero-order chi connectivity index (χ0) is 15.4. The van der Waals surface area contributed by atoms with E-state index >= 15 is 0 Å². The van der Waals surface area contributed by atoms with Crippen molar-refractivity contribution >= 4 is 31.9 Å². The number of hydrogen-bond acceptors (Lipinski definition) is 2. The second-order valence-electron chi connectivity index (χ2n) is 4.61. The molecule has 0 radical (unpaired) electrons. The third-order valence-corrected chi connectivity index (χ3v) is 4.33. The van der Waals surface area contributed by atoms with Crippen molar-refractivity contribution in [2.24, 2.45) is 0 Å². The predicted octanol–water partition coefficient (Wildman–Crippen LogP) is 5.22. The zero-order valence-electron chi connectivity index (χ0n) is 11.4. The van der Waals surface area contributed by atoms with Gasteiger partial charge in [0.15, 0.2) is 0 Å². The minimum atomic E-state index is -0.911. The molecular weight excluding hydrogens is 403 g/mol. The van der Waals surface area contributed by atoms with Crippen LogP contribution >= 0.6 is 31.9 Å². The summed E-state index contributed by atoms with van der Waals surface area (Å²) < 4.78 is 20.3. The number of hydrogen-bond donors (Lipinski definition) is 1. The van der Waals surface area contributed by atoms with E-state index < -0.39 is 6.10 Å². The maximum absolute atomic E-state index is 13.3. The van der Waals surface area contributed by atoms with Crippen molar-refractivity contribution in [1.82, 2.24) is 0 Å². The Bertz CT molecular complexity index is 632. The number of ether oxygens (including phenoxy) is 1. The van der Waals surface area contributed by atoms with Gasteiger partial charge in [0.25, 0.3) is 0 Å². The number of aliphatic hydroxyl groups is 1. The molecule has 0 aromatic heterocycles. The van der Waals surface area contributed by atoms with Gasteiger partial charge in [0, 0.05) is 10.0 Å². The fourth-order valence-electron chi connectivity index (χ4n) is 1.92. The van der Waals surface area contributed by atoms with Crippen LogP contribution in [-0.4, -0.2) is 11.7 Å². The van der Waals surface area contributed by atoms with Crippen molar-refractivity contribution in [2.75, 3.05) is 6.61 Å². The van der Waals surface area contributed by atoms with Gasteiger partial charge in [-0.05, 0) is 58.2 Å². The van der Waals surface area contributed by atoms with Crippen LogP contribution in [0.3, 0.4) is 0 Å². The molecule has 5 heteroatoms. The van der Waals surface area contributed by atoms with Crippen LogP contribution in [0.4, 0.5) is 4.39 Å². The number of rotatable bonds is 5. The predicted molar refractivity (Wildman–Crippen MR) is 88.1 cm³/mol. The Balaban J connectivity index is 2.29. The molecule has 2 aromatic carbocycles. The lowest BCUT2D eigenvalue weighted by atomic mass is 10.0. The van der Waals surface area contributed by atoms with Crippen LogP contribution < -0.4 is 4.74 Å². The van der Waals surface area contributed by atoms with E-state index in [1.165, 1.54) is 12.1 Å². The maximum Gasteiger partial charge on any atom is 0.133 e. The number of benzene rings is 2. The van der Waals surface area contributed by atoms with E-state index in [-0.39, 0.29) is 5.82 Å². The van der Waals surface area contributed by atoms with E-state index in [1.807, 2.05) is 6.92 Å². The molecule has 0 amide bonds. The zero-order valence-corrected chi connectivity index (χ0v) is 14.6. The quantitative estimate of drug-likeness (QED) is 0.722. The van der Waals surface area contributed by atoms with Gasteiger partial charge < -0.3 is 9.84 Å². The summed E-state index contributed by atoms with van der Waals surface area (Å²) in [4.78, 5) is 0. The van der Waals surface area contributed by atoms with E-state index in [0.717, 1.165) is 16.6 Å². The van der Waals surface area contributed by atoms with Crippen molar-refractivity contribution < 1.29 is 14.2 Å². The van der Waals surface area contributed by atoms with Crippen LogP contribution in [0.2, 0.25) is 0 Å². The molecule has 2 nitrogen and oxygen atoms in total. The van der Waals surface area contributed by atoms with Crippen LogP contribution in [0.1, 0.15) is 30.6 Å². The van der Waals surface area contributed by atoms with Gasteiger partial charge in [-0.15, -0.1) is 0 Å². The first kappa shape index (κ1) is 16.5. The Labute approximate surface area is 140 Å². The minimum Gasteiger partial charge on any atom is -0.492 e. The molecule has 112 valence electrons. The van der Waals surface area contributed by atoms with Gasteiger partial charge in [-0.3, -0.25) is 0 Å². The highest BCUT2D eigenvalue weighted by Crippen LogP contribution is 2.33. The van der Waals surface area contributed by atoms with Crippen LogP contribution in [0.5, 0.6) is 5.75 Å². The Morgan fingerprint density at radius 2 is 1.90 bits per heavy atom. The smallest absolute Gasteiger partial charge is 0.133 e. The average molecular weight is 418 g/mol. The summed E-state index contributed by atoms with van der Waals surface area (Å²) in [5.74, 6) is 0.348. The highest BCUT2D eigenvalue weighted by Gasteiger charge is 2.16. The molecule has 0 spiro atoms. The molecule has 0 heterocycles. The van der Waals surface area contributed by atoms with Crippen LogP contribution in [0.15, 0.2) is 45.3 Å². The highest BCUT2D eigenvalue weighted by atomic mass is 79.9. The number of aliphatic hydroxyl groups excluding tert-OH is 1. The van der Waals surface area contributed by atoms with Crippen molar-refractivity contribution in [1.29, 1.82) is 0 Å². The second-order valence-corrected chi connectivity index (χ2v) is 6.32. The third kappa shape index (κ3) is 4.05. The Morgan fingerprint density at radius 1 is 1.14 bits per heavy atom. The summed E-state index contributed by atoms with van der Waals surface area (Å²) in [5.41, 5.74) is 1.15. The highest BCUT2D eigenvalue weighted by molar-refractivity contribution is 9.10. The largest absolute Gasteiger partial charge is 0.492 e. The van der Waals surface area contributed by atoms with E-state index in [4.69, 9.17) is 4.74 Å². The summed E-state index contributed by atoms with van der Waals surface area (Å²) in [6, 6.07) is 9.61. The minimum absolute atomic E-state index is 0.380. The summed E-state index contributed by atoms with van der Waals surface area (Å²) in [6.07, 6.45) is 0.0131. The Hall–Kier alpha value is -0.910. The molecule has 2 rings (SSSR count). The maximum atomic E-state index is 13.3. The standard InChI is InChI=1S/C16H15Br2FO2/c1-2-7-21-15-6-3-10(8-14(15)18)16(20)12-9-11(19)4-5-13(12)17/h3-6,8-9,16,20H,2,7H2,1H3. The SMILES string of the molecule is CCCOc1ccc(C(O)c2cc(F)ccc2Br)cc1Br. The van der Waals surface area contributed by atoms with Crippen molar-refractivity contribution in [3.05, 3.63) is 62.3 Å². The van der Waals surface area contributed by atoms with Gasteiger partial charge in [0.2, 0.25) is 0 Å². The monoisotopic (exact) mass is 416 g/mol. The topological polar surface area (TPSA) is 29.5 Å². The molecule has 0 aliphatic heterocycles. The van der Waals surface area contributed by atoms with E-state index in [2.05, 4.69) is 31.9 Å². The Morgan fingerprint density at radius 3 is 2.57 bits per heavy atom. The fourth-order valence-corrected chi connectivity index (χ4v) is 2.89. The van der Waals surface area contributed by atoms with E-state index in [0.29, 0.717) is 22.2 Å². The molecule has 1 unspecified atom stereocenters. The molecule has 0 saturated carbocycles. The van der Waals surface area contributed by atoms with Crippen molar-refractivity contribution in [3.8, 4) is 5.75 Å². The fraction of sp³-hybridized carbons (Fsp3) is 0.250. The van der Waals surface area contributed by atoms with Gasteiger partial charge in [-0.25, -0.2) is 4.39 Å². The molecule has 1 atom stereocenters. The van der Waals surface area contributed by atoms with Gasteiger partial charge in [-0.2, -0.15) is 0 Å². The average Bonchev–Trinajstić information content (AvgIpc) is 2.47. The van der Waals surface area contributed by atoms with Crippen LogP contribution in [-0.2, 0) is 0 Å². The van der Waals surface area contributed by atoms with Crippen LogP contribution in [0.25, 0.3) is 0 Å². The first-order valence-electron chi connectivity index (χ1n) is 6.58. The molecule has 0 bridgehead atoms. The summed E-state index contributed by atoms with van der Waals surface area (Å²) >= 11 is 6.76. The Kier molecular flexibility index (Phi) is 5.79. The van der Waals surface area contributed by atoms with Gasteiger partial charge >= 0.3 is 0 Å². The lowest BCUT2D eigenvalue weighted by Crippen LogP contribution is -2.02. The molecule has 2 aromatic rings. The van der Waals surface area contributed by atoms with E-state index in [9.17, 15) is 9.50 Å². The molecule has 1 N–H and O–H groups in total. The lowest BCUT2D eigenvalue weighted by molar-refractivity contribution is 0.218. The second kappa shape index (κ2) is 7.38. The molecule has 0 fully saturated rings.